The number of hydrogen-bond donors (Lipinski definition) is 2. The van der Waals surface area contributed by atoms with Crippen molar-refractivity contribution in [3.8, 4) is 5.75 Å². The number of benzene rings is 1. The van der Waals surface area contributed by atoms with E-state index in [4.69, 9.17) is 15.3 Å². The first-order chi connectivity index (χ1) is 8.31. The van der Waals surface area contributed by atoms with Crippen LogP contribution in [0.15, 0.2) is 24.3 Å². The fourth-order valence-corrected chi connectivity index (χ4v) is 2.55. The van der Waals surface area contributed by atoms with Gasteiger partial charge in [0.2, 0.25) is 8.32 Å². The van der Waals surface area contributed by atoms with Crippen molar-refractivity contribution in [2.45, 2.75) is 32.0 Å². The second kappa shape index (κ2) is 6.02. The lowest BCUT2D eigenvalue weighted by Gasteiger charge is -2.20. The monoisotopic (exact) mass is 267 g/mol. The third-order valence-corrected chi connectivity index (χ3v) is 3.33. The minimum Gasteiger partial charge on any atom is -0.544 e. The lowest BCUT2D eigenvalue weighted by Crippen LogP contribution is -2.29. The molecule has 0 amide bonds. The molecule has 18 heavy (non-hydrogen) atoms. The molecule has 100 valence electrons. The summed E-state index contributed by atoms with van der Waals surface area (Å²) >= 11 is 0. The molecule has 1 unspecified atom stereocenters. The average Bonchev–Trinajstić information content (AvgIpc) is 2.24. The van der Waals surface area contributed by atoms with Crippen LogP contribution in [0.3, 0.4) is 0 Å². The van der Waals surface area contributed by atoms with Crippen LogP contribution in [0.2, 0.25) is 19.6 Å². The second-order valence-corrected chi connectivity index (χ2v) is 9.74. The van der Waals surface area contributed by atoms with Gasteiger partial charge in [0.25, 0.3) is 0 Å². The Morgan fingerprint density at radius 3 is 2.28 bits per heavy atom. The molecule has 0 heterocycles. The Morgan fingerprint density at radius 1 is 1.33 bits per heavy atom. The topological polar surface area (TPSA) is 72.5 Å². The van der Waals surface area contributed by atoms with E-state index in [0.29, 0.717) is 6.54 Å². The van der Waals surface area contributed by atoms with Gasteiger partial charge in [0.15, 0.2) is 0 Å². The van der Waals surface area contributed by atoms with Crippen LogP contribution >= 0.6 is 0 Å². The highest BCUT2D eigenvalue weighted by molar-refractivity contribution is 6.70. The molecule has 0 saturated heterocycles. The molecular formula is C13H21NO3Si. The molecular weight excluding hydrogens is 246 g/mol. The molecule has 1 rings (SSSR count). The minimum absolute atomic E-state index is 0.0602. The molecule has 0 spiro atoms. The molecule has 0 saturated carbocycles. The highest BCUT2D eigenvalue weighted by Crippen LogP contribution is 2.23. The third kappa shape index (κ3) is 4.89. The van der Waals surface area contributed by atoms with Gasteiger partial charge in [-0.05, 0) is 43.9 Å². The summed E-state index contributed by atoms with van der Waals surface area (Å²) in [6, 6.07) is 7.57. The maximum absolute atomic E-state index is 10.7. The lowest BCUT2D eigenvalue weighted by atomic mass is 9.96. The van der Waals surface area contributed by atoms with Crippen molar-refractivity contribution in [3.63, 3.8) is 0 Å². The molecule has 0 aliphatic heterocycles. The van der Waals surface area contributed by atoms with E-state index in [1.54, 1.807) is 0 Å². The molecule has 5 heteroatoms. The number of rotatable bonds is 6. The zero-order valence-corrected chi connectivity index (χ0v) is 12.1. The van der Waals surface area contributed by atoms with Gasteiger partial charge in [-0.2, -0.15) is 0 Å². The molecule has 1 aromatic rings. The van der Waals surface area contributed by atoms with Crippen molar-refractivity contribution in [1.29, 1.82) is 0 Å². The first kappa shape index (κ1) is 14.7. The normalized spacial score (nSPS) is 13.1. The van der Waals surface area contributed by atoms with Crippen LogP contribution in [-0.2, 0) is 4.79 Å². The molecule has 0 aromatic heterocycles. The first-order valence-corrected chi connectivity index (χ1v) is 9.43. The SMILES string of the molecule is C[Si](C)(C)Oc1ccc(C(CN)CC(=O)O)cc1. The van der Waals surface area contributed by atoms with Gasteiger partial charge < -0.3 is 15.3 Å². The standard InChI is InChI=1S/C13H21NO3Si/c1-18(2,3)17-12-6-4-10(5-7-12)11(9-14)8-13(15)16/h4-7,11H,8-9,14H2,1-3H3,(H,15,16). The predicted octanol–water partition coefficient (Wildman–Crippen LogP) is 2.42. The van der Waals surface area contributed by atoms with Crippen molar-refractivity contribution in [2.24, 2.45) is 5.73 Å². The maximum Gasteiger partial charge on any atom is 0.304 e. The van der Waals surface area contributed by atoms with Gasteiger partial charge in [0.1, 0.15) is 5.75 Å². The van der Waals surface area contributed by atoms with E-state index in [1.165, 1.54) is 0 Å². The molecule has 0 aliphatic carbocycles. The van der Waals surface area contributed by atoms with Crippen LogP contribution in [0.4, 0.5) is 0 Å². The van der Waals surface area contributed by atoms with Crippen LogP contribution in [0.5, 0.6) is 5.75 Å². The summed E-state index contributed by atoms with van der Waals surface area (Å²) in [6.45, 7) is 6.69. The molecule has 0 aliphatic rings. The molecule has 0 radical (unpaired) electrons. The van der Waals surface area contributed by atoms with Crippen molar-refractivity contribution < 1.29 is 14.3 Å². The Bertz CT molecular complexity index is 398. The summed E-state index contributed by atoms with van der Waals surface area (Å²) in [4.78, 5) is 10.7. The van der Waals surface area contributed by atoms with Gasteiger partial charge in [-0.3, -0.25) is 4.79 Å². The van der Waals surface area contributed by atoms with Gasteiger partial charge >= 0.3 is 5.97 Å². The molecule has 1 aromatic carbocycles. The number of carboxylic acid groups (broad SMARTS) is 1. The Kier molecular flexibility index (Phi) is 4.92. The summed E-state index contributed by atoms with van der Waals surface area (Å²) < 4.78 is 5.84. The van der Waals surface area contributed by atoms with Crippen LogP contribution in [0.1, 0.15) is 17.9 Å². The van der Waals surface area contributed by atoms with Crippen LogP contribution in [0, 0.1) is 0 Å². The van der Waals surface area contributed by atoms with Gasteiger partial charge in [0.05, 0.1) is 6.42 Å². The van der Waals surface area contributed by atoms with E-state index in [0.717, 1.165) is 11.3 Å². The largest absolute Gasteiger partial charge is 0.544 e. The molecule has 4 nitrogen and oxygen atoms in total. The lowest BCUT2D eigenvalue weighted by molar-refractivity contribution is -0.137. The van der Waals surface area contributed by atoms with E-state index in [1.807, 2.05) is 24.3 Å². The summed E-state index contributed by atoms with van der Waals surface area (Å²) in [5.41, 5.74) is 6.55. The predicted molar refractivity (Wildman–Crippen MR) is 74.5 cm³/mol. The number of nitrogens with two attached hydrogens (primary N) is 1. The van der Waals surface area contributed by atoms with Crippen LogP contribution < -0.4 is 10.2 Å². The summed E-state index contributed by atoms with van der Waals surface area (Å²) in [5, 5.41) is 8.81. The van der Waals surface area contributed by atoms with E-state index in [-0.39, 0.29) is 12.3 Å². The van der Waals surface area contributed by atoms with E-state index < -0.39 is 14.3 Å². The van der Waals surface area contributed by atoms with Crippen molar-refractivity contribution in [2.75, 3.05) is 6.54 Å². The number of hydrogen-bond acceptors (Lipinski definition) is 3. The fraction of sp³-hybridized carbons (Fsp3) is 0.462. The van der Waals surface area contributed by atoms with Gasteiger partial charge in [-0.1, -0.05) is 12.1 Å². The van der Waals surface area contributed by atoms with Crippen molar-refractivity contribution in [1.82, 2.24) is 0 Å². The zero-order chi connectivity index (χ0) is 13.8. The Labute approximate surface area is 109 Å². The van der Waals surface area contributed by atoms with Crippen LogP contribution in [0.25, 0.3) is 0 Å². The second-order valence-electron chi connectivity index (χ2n) is 5.31. The highest BCUT2D eigenvalue weighted by Gasteiger charge is 2.17. The third-order valence-electron chi connectivity index (χ3n) is 2.48. The Morgan fingerprint density at radius 2 is 1.89 bits per heavy atom. The van der Waals surface area contributed by atoms with E-state index >= 15 is 0 Å². The molecule has 0 fully saturated rings. The first-order valence-electron chi connectivity index (χ1n) is 6.02. The molecule has 1 atom stereocenters. The highest BCUT2D eigenvalue weighted by atomic mass is 28.4. The number of aliphatic carboxylic acids is 1. The minimum atomic E-state index is -1.60. The molecule has 0 bridgehead atoms. The fourth-order valence-electron chi connectivity index (χ4n) is 1.71. The van der Waals surface area contributed by atoms with E-state index in [9.17, 15) is 4.79 Å². The summed E-state index contributed by atoms with van der Waals surface area (Å²) in [6.07, 6.45) is 0.0602. The van der Waals surface area contributed by atoms with Crippen LogP contribution in [-0.4, -0.2) is 25.9 Å². The van der Waals surface area contributed by atoms with Gasteiger partial charge in [0, 0.05) is 5.92 Å². The van der Waals surface area contributed by atoms with Gasteiger partial charge in [-0.25, -0.2) is 0 Å². The summed E-state index contributed by atoms with van der Waals surface area (Å²) in [7, 11) is -1.60. The Balaban J connectivity index is 2.77. The maximum atomic E-state index is 10.7. The molecule has 3 N–H and O–H groups in total. The average molecular weight is 267 g/mol. The quantitative estimate of drug-likeness (QED) is 0.776. The zero-order valence-electron chi connectivity index (χ0n) is 11.1. The van der Waals surface area contributed by atoms with Gasteiger partial charge in [-0.15, -0.1) is 0 Å². The van der Waals surface area contributed by atoms with Crippen molar-refractivity contribution in [3.05, 3.63) is 29.8 Å². The van der Waals surface area contributed by atoms with E-state index in [2.05, 4.69) is 19.6 Å². The summed E-state index contributed by atoms with van der Waals surface area (Å²) in [5.74, 6) is -0.125. The number of carbonyl (C=O) groups is 1. The smallest absolute Gasteiger partial charge is 0.304 e. The van der Waals surface area contributed by atoms with Crippen molar-refractivity contribution >= 4 is 14.3 Å². The number of carboxylic acids is 1. The Hall–Kier alpha value is -1.33.